The second-order valence-corrected chi connectivity index (χ2v) is 8.12. The maximum absolute atomic E-state index is 13.8. The Morgan fingerprint density at radius 1 is 1.44 bits per heavy atom. The van der Waals surface area contributed by atoms with Gasteiger partial charge < -0.3 is 10.5 Å². The number of rotatable bonds is 2. The van der Waals surface area contributed by atoms with Gasteiger partial charge in [-0.3, -0.25) is 9.48 Å². The van der Waals surface area contributed by atoms with Crippen molar-refractivity contribution in [1.82, 2.24) is 9.78 Å². The number of carbonyl (C=O) groups excluding carboxylic acids is 1. The highest BCUT2D eigenvalue weighted by Crippen LogP contribution is 2.51. The number of halogens is 3. The van der Waals surface area contributed by atoms with Gasteiger partial charge in [-0.25, -0.2) is 0 Å². The van der Waals surface area contributed by atoms with Crippen molar-refractivity contribution >= 4 is 5.78 Å². The number of aryl methyl sites for hydroxylation is 1. The third kappa shape index (κ3) is 3.36. The fraction of sp³-hybridized carbons (Fsp3) is 0.722. The van der Waals surface area contributed by atoms with E-state index in [0.29, 0.717) is 6.42 Å². The molecule has 0 amide bonds. The van der Waals surface area contributed by atoms with Gasteiger partial charge in [-0.05, 0) is 18.8 Å². The van der Waals surface area contributed by atoms with E-state index in [1.165, 1.54) is 0 Å². The van der Waals surface area contributed by atoms with E-state index < -0.39 is 42.0 Å². The first-order chi connectivity index (χ1) is 12.5. The number of carbonyl (C=O) groups is 1. The molecule has 9 heteroatoms. The van der Waals surface area contributed by atoms with E-state index in [9.17, 15) is 23.2 Å². The van der Waals surface area contributed by atoms with Gasteiger partial charge >= 0.3 is 6.18 Å². The minimum atomic E-state index is -4.66. The van der Waals surface area contributed by atoms with Crippen molar-refractivity contribution in [1.29, 1.82) is 5.26 Å². The maximum atomic E-state index is 13.8. The quantitative estimate of drug-likeness (QED) is 0.846. The first-order valence-corrected chi connectivity index (χ1v) is 8.96. The summed E-state index contributed by atoms with van der Waals surface area (Å²) >= 11 is 0. The minimum absolute atomic E-state index is 0.0242. The molecule has 2 fully saturated rings. The molecule has 1 saturated carbocycles. The molecule has 1 aliphatic carbocycles. The molecular weight excluding hydrogens is 361 g/mol. The standard InChI is InChI=1S/C18H23F3N4O2/c1-4-25-15(18(19,20)21)10(8-24-25)13-9(7-22)16(23)27-12-6-17(2,3)5-11(26)14(12)13/h8-9,12-14,16H,4-6,23H2,1-3H3/t9-,12+,13-,14+,16+/m0/s1. The number of fused-ring (bicyclic) bond motifs is 1. The third-order valence-corrected chi connectivity index (χ3v) is 5.58. The SMILES string of the molecule is CCn1ncc([C@@H]2[C@H](C#N)[C@H](N)O[C@@H]3CC(C)(C)CC(=O)[C@@H]23)c1C(F)(F)F. The number of nitrogens with two attached hydrogens (primary N) is 1. The van der Waals surface area contributed by atoms with Crippen LogP contribution in [0.15, 0.2) is 6.20 Å². The van der Waals surface area contributed by atoms with Crippen LogP contribution in [0.1, 0.15) is 50.8 Å². The molecule has 6 nitrogen and oxygen atoms in total. The van der Waals surface area contributed by atoms with E-state index in [2.05, 4.69) is 5.10 Å². The number of nitriles is 1. The van der Waals surface area contributed by atoms with Crippen LogP contribution < -0.4 is 5.73 Å². The number of alkyl halides is 3. The molecule has 0 bridgehead atoms. The van der Waals surface area contributed by atoms with Gasteiger partial charge in [0.15, 0.2) is 0 Å². The summed E-state index contributed by atoms with van der Waals surface area (Å²) in [4.78, 5) is 12.9. The Labute approximate surface area is 155 Å². The molecule has 1 saturated heterocycles. The lowest BCUT2D eigenvalue weighted by Crippen LogP contribution is -2.56. The van der Waals surface area contributed by atoms with Crippen LogP contribution in [0.2, 0.25) is 0 Å². The molecule has 3 rings (SSSR count). The largest absolute Gasteiger partial charge is 0.433 e. The van der Waals surface area contributed by atoms with Crippen LogP contribution >= 0.6 is 0 Å². The Bertz CT molecular complexity index is 781. The van der Waals surface area contributed by atoms with Crippen molar-refractivity contribution < 1.29 is 22.7 Å². The number of ether oxygens (including phenoxy) is 1. The van der Waals surface area contributed by atoms with E-state index in [0.717, 1.165) is 10.9 Å². The minimum Gasteiger partial charge on any atom is -0.358 e. The molecule has 0 unspecified atom stereocenters. The highest BCUT2D eigenvalue weighted by Gasteiger charge is 2.55. The molecule has 5 atom stereocenters. The molecule has 1 aliphatic heterocycles. The summed E-state index contributed by atoms with van der Waals surface area (Å²) in [5, 5.41) is 13.5. The third-order valence-electron chi connectivity index (χ3n) is 5.58. The maximum Gasteiger partial charge on any atom is 0.433 e. The molecule has 1 aromatic rings. The zero-order valence-corrected chi connectivity index (χ0v) is 15.5. The Morgan fingerprint density at radius 3 is 2.67 bits per heavy atom. The normalized spacial score (nSPS) is 33.4. The van der Waals surface area contributed by atoms with Crippen LogP contribution in [-0.4, -0.2) is 27.9 Å². The highest BCUT2D eigenvalue weighted by molar-refractivity contribution is 5.84. The molecule has 27 heavy (non-hydrogen) atoms. The lowest BCUT2D eigenvalue weighted by molar-refractivity contribution is -0.166. The van der Waals surface area contributed by atoms with Crippen molar-refractivity contribution in [2.45, 2.75) is 64.6 Å². The summed E-state index contributed by atoms with van der Waals surface area (Å²) in [5.41, 5.74) is 4.60. The van der Waals surface area contributed by atoms with Crippen molar-refractivity contribution in [3.05, 3.63) is 17.5 Å². The van der Waals surface area contributed by atoms with Gasteiger partial charge in [0.25, 0.3) is 0 Å². The van der Waals surface area contributed by atoms with Crippen LogP contribution in [0.25, 0.3) is 0 Å². The van der Waals surface area contributed by atoms with Crippen LogP contribution in [0.4, 0.5) is 13.2 Å². The summed E-state index contributed by atoms with van der Waals surface area (Å²) < 4.78 is 47.9. The van der Waals surface area contributed by atoms with Crippen molar-refractivity contribution in [2.75, 3.05) is 0 Å². The van der Waals surface area contributed by atoms with E-state index in [-0.39, 0.29) is 29.7 Å². The molecule has 0 spiro atoms. The predicted octanol–water partition coefficient (Wildman–Crippen LogP) is 2.83. The number of nitrogens with zero attached hydrogens (tertiary/aromatic N) is 3. The van der Waals surface area contributed by atoms with E-state index >= 15 is 0 Å². The van der Waals surface area contributed by atoms with Gasteiger partial charge in [-0.2, -0.15) is 23.5 Å². The molecule has 2 aliphatic rings. The van der Waals surface area contributed by atoms with Gasteiger partial charge in [0.05, 0.1) is 30.2 Å². The van der Waals surface area contributed by atoms with E-state index in [1.807, 2.05) is 19.9 Å². The number of Topliss-reactive ketones (excluding diaryl/α,β-unsaturated/α-hetero) is 1. The molecular formula is C18H23F3N4O2. The Morgan fingerprint density at radius 2 is 2.11 bits per heavy atom. The fourth-order valence-corrected chi connectivity index (χ4v) is 4.55. The van der Waals surface area contributed by atoms with Crippen molar-refractivity contribution in [2.24, 2.45) is 23.0 Å². The smallest absolute Gasteiger partial charge is 0.358 e. The second kappa shape index (κ2) is 6.60. The van der Waals surface area contributed by atoms with Gasteiger partial charge in [0.1, 0.15) is 17.7 Å². The second-order valence-electron chi connectivity index (χ2n) is 8.12. The number of hydrogen-bond acceptors (Lipinski definition) is 5. The monoisotopic (exact) mass is 384 g/mol. The fourth-order valence-electron chi connectivity index (χ4n) is 4.55. The topological polar surface area (TPSA) is 93.9 Å². The van der Waals surface area contributed by atoms with Crippen LogP contribution in [0, 0.1) is 28.6 Å². The molecule has 2 N–H and O–H groups in total. The Hall–Kier alpha value is -1.92. The molecule has 148 valence electrons. The zero-order chi connectivity index (χ0) is 20.1. The van der Waals surface area contributed by atoms with Gasteiger partial charge in [-0.1, -0.05) is 13.8 Å². The summed E-state index contributed by atoms with van der Waals surface area (Å²) in [6.07, 6.45) is -4.48. The average molecular weight is 384 g/mol. The first kappa shape index (κ1) is 19.8. The molecule has 0 radical (unpaired) electrons. The highest BCUT2D eigenvalue weighted by atomic mass is 19.4. The number of hydrogen-bond donors (Lipinski definition) is 1. The summed E-state index contributed by atoms with van der Waals surface area (Å²) in [7, 11) is 0. The molecule has 0 aromatic carbocycles. The van der Waals surface area contributed by atoms with Gasteiger partial charge in [0, 0.05) is 24.4 Å². The Kier molecular flexibility index (Phi) is 4.85. The Balaban J connectivity index is 2.15. The van der Waals surface area contributed by atoms with Gasteiger partial charge in [0.2, 0.25) is 0 Å². The summed E-state index contributed by atoms with van der Waals surface area (Å²) in [6, 6.07) is 1.98. The van der Waals surface area contributed by atoms with Crippen LogP contribution in [-0.2, 0) is 22.3 Å². The van der Waals surface area contributed by atoms with Crippen LogP contribution in [0.3, 0.4) is 0 Å². The number of aromatic nitrogens is 2. The lowest BCUT2D eigenvalue weighted by atomic mass is 9.61. The summed E-state index contributed by atoms with van der Waals surface area (Å²) in [5.74, 6) is -3.08. The zero-order valence-electron chi connectivity index (χ0n) is 15.5. The van der Waals surface area contributed by atoms with E-state index in [4.69, 9.17) is 10.5 Å². The predicted molar refractivity (Wildman–Crippen MR) is 89.1 cm³/mol. The van der Waals surface area contributed by atoms with E-state index in [1.54, 1.807) is 6.92 Å². The average Bonchev–Trinajstić information content (AvgIpc) is 2.96. The molecule has 1 aromatic heterocycles. The number of ketones is 1. The van der Waals surface area contributed by atoms with Gasteiger partial charge in [-0.15, -0.1) is 0 Å². The van der Waals surface area contributed by atoms with Crippen molar-refractivity contribution in [3.63, 3.8) is 0 Å². The first-order valence-electron chi connectivity index (χ1n) is 8.96. The molecule has 2 heterocycles. The lowest BCUT2D eigenvalue weighted by Gasteiger charge is -2.49. The van der Waals surface area contributed by atoms with Crippen molar-refractivity contribution in [3.8, 4) is 6.07 Å². The summed E-state index contributed by atoms with van der Waals surface area (Å²) in [6.45, 7) is 5.41. The van der Waals surface area contributed by atoms with Crippen LogP contribution in [0.5, 0.6) is 0 Å².